The van der Waals surface area contributed by atoms with E-state index in [1.165, 1.54) is 13.0 Å². The molecule has 0 saturated heterocycles. The van der Waals surface area contributed by atoms with Crippen molar-refractivity contribution >= 4 is 11.8 Å². The standard InChI is InChI=1S/C12H16O3/c1-4-6-7-9-15-12(14)11(8-5-2)10(3)13/h5-6,11H,1-2,7-9H2,3H3. The first-order valence-electron chi connectivity index (χ1n) is 4.75. The number of Topliss-reactive ketones (excluding diaryl/α,β-unsaturated/α-hetero) is 1. The number of hydrogen-bond acceptors (Lipinski definition) is 3. The van der Waals surface area contributed by atoms with Gasteiger partial charge in [-0.3, -0.25) is 9.59 Å². The number of carbonyl (C=O) groups excluding carboxylic acids is 2. The second-order valence-electron chi connectivity index (χ2n) is 3.05. The van der Waals surface area contributed by atoms with Crippen LogP contribution in [-0.4, -0.2) is 18.4 Å². The molecule has 0 fully saturated rings. The van der Waals surface area contributed by atoms with Gasteiger partial charge < -0.3 is 4.74 Å². The van der Waals surface area contributed by atoms with Gasteiger partial charge in [0.25, 0.3) is 0 Å². The van der Waals surface area contributed by atoms with E-state index in [0.29, 0.717) is 12.8 Å². The van der Waals surface area contributed by atoms with Crippen LogP contribution >= 0.6 is 0 Å². The molecule has 0 aromatic heterocycles. The molecule has 0 aliphatic carbocycles. The van der Waals surface area contributed by atoms with E-state index in [1.807, 2.05) is 0 Å². The number of allylic oxidation sites excluding steroid dienone is 1. The number of ether oxygens (including phenoxy) is 1. The van der Waals surface area contributed by atoms with Crippen LogP contribution in [0.4, 0.5) is 0 Å². The van der Waals surface area contributed by atoms with Crippen molar-refractivity contribution in [2.24, 2.45) is 5.92 Å². The van der Waals surface area contributed by atoms with Gasteiger partial charge in [0.05, 0.1) is 6.61 Å². The molecule has 0 aromatic rings. The predicted molar refractivity (Wildman–Crippen MR) is 58.3 cm³/mol. The quantitative estimate of drug-likeness (QED) is 0.211. The van der Waals surface area contributed by atoms with Crippen LogP contribution in [0.2, 0.25) is 0 Å². The second-order valence-corrected chi connectivity index (χ2v) is 3.05. The molecule has 0 heterocycles. The van der Waals surface area contributed by atoms with Crippen molar-refractivity contribution in [1.82, 2.24) is 0 Å². The third-order valence-corrected chi connectivity index (χ3v) is 1.83. The maximum Gasteiger partial charge on any atom is 0.316 e. The molecule has 0 saturated carbocycles. The van der Waals surface area contributed by atoms with E-state index in [4.69, 9.17) is 4.74 Å². The van der Waals surface area contributed by atoms with Crippen LogP contribution < -0.4 is 0 Å². The Kier molecular flexibility index (Phi) is 6.94. The molecule has 0 rings (SSSR count). The van der Waals surface area contributed by atoms with Crippen molar-refractivity contribution in [3.05, 3.63) is 31.0 Å². The molecule has 0 amide bonds. The lowest BCUT2D eigenvalue weighted by atomic mass is 10.0. The summed E-state index contributed by atoms with van der Waals surface area (Å²) < 4.78 is 4.91. The monoisotopic (exact) mass is 208 g/mol. The molecule has 0 spiro atoms. The molecule has 82 valence electrons. The van der Waals surface area contributed by atoms with E-state index >= 15 is 0 Å². The highest BCUT2D eigenvalue weighted by molar-refractivity contribution is 5.97. The first-order chi connectivity index (χ1) is 7.13. The predicted octanol–water partition coefficient (Wildman–Crippen LogP) is 2.04. The highest BCUT2D eigenvalue weighted by Crippen LogP contribution is 2.08. The Morgan fingerprint density at radius 1 is 1.53 bits per heavy atom. The normalized spacial score (nSPS) is 11.0. The molecule has 3 heteroatoms. The number of carbonyl (C=O) groups is 2. The van der Waals surface area contributed by atoms with E-state index in [1.54, 1.807) is 6.08 Å². The second kappa shape index (κ2) is 7.77. The van der Waals surface area contributed by atoms with Crippen molar-refractivity contribution in [2.45, 2.75) is 19.8 Å². The average Bonchev–Trinajstić information content (AvgIpc) is 2.20. The van der Waals surface area contributed by atoms with Gasteiger partial charge in [0.15, 0.2) is 0 Å². The van der Waals surface area contributed by atoms with Gasteiger partial charge in [-0.05, 0) is 19.4 Å². The summed E-state index contributed by atoms with van der Waals surface area (Å²) in [6.45, 7) is 8.50. The SMILES string of the molecule is C=C=CCCOC(=O)C(CC=C)C(C)=O. The molecule has 0 radical (unpaired) electrons. The molecule has 0 N–H and O–H groups in total. The molecule has 1 atom stereocenters. The van der Waals surface area contributed by atoms with Crippen molar-refractivity contribution in [2.75, 3.05) is 6.61 Å². The highest BCUT2D eigenvalue weighted by Gasteiger charge is 2.22. The molecule has 15 heavy (non-hydrogen) atoms. The molecule has 0 aliphatic rings. The summed E-state index contributed by atoms with van der Waals surface area (Å²) in [5.41, 5.74) is 2.57. The highest BCUT2D eigenvalue weighted by atomic mass is 16.5. The number of rotatable bonds is 7. The van der Waals surface area contributed by atoms with Gasteiger partial charge in [0, 0.05) is 6.42 Å². The molecule has 0 aliphatic heterocycles. The molecular formula is C12H16O3. The van der Waals surface area contributed by atoms with Crippen LogP contribution in [0.5, 0.6) is 0 Å². The Morgan fingerprint density at radius 2 is 2.20 bits per heavy atom. The van der Waals surface area contributed by atoms with Crippen LogP contribution in [-0.2, 0) is 14.3 Å². The van der Waals surface area contributed by atoms with Crippen LogP contribution in [0.3, 0.4) is 0 Å². The average molecular weight is 208 g/mol. The summed E-state index contributed by atoms with van der Waals surface area (Å²) in [6.07, 6.45) is 4.10. The first kappa shape index (κ1) is 13.4. The maximum atomic E-state index is 11.4. The van der Waals surface area contributed by atoms with E-state index in [9.17, 15) is 9.59 Å². The molecule has 0 aromatic carbocycles. The van der Waals surface area contributed by atoms with Crippen LogP contribution in [0, 0.1) is 5.92 Å². The summed E-state index contributed by atoms with van der Waals surface area (Å²) in [6, 6.07) is 0. The lowest BCUT2D eigenvalue weighted by molar-refractivity contribution is -0.151. The summed E-state index contributed by atoms with van der Waals surface area (Å²) in [5.74, 6) is -1.39. The van der Waals surface area contributed by atoms with E-state index < -0.39 is 11.9 Å². The Morgan fingerprint density at radius 3 is 2.67 bits per heavy atom. The van der Waals surface area contributed by atoms with Gasteiger partial charge in [-0.1, -0.05) is 12.7 Å². The van der Waals surface area contributed by atoms with Gasteiger partial charge in [0.2, 0.25) is 0 Å². The lowest BCUT2D eigenvalue weighted by Gasteiger charge is -2.10. The summed E-state index contributed by atoms with van der Waals surface area (Å²) in [4.78, 5) is 22.5. The Balaban J connectivity index is 4.08. The van der Waals surface area contributed by atoms with Gasteiger partial charge in [-0.15, -0.1) is 12.3 Å². The fourth-order valence-corrected chi connectivity index (χ4v) is 1.02. The topological polar surface area (TPSA) is 43.4 Å². The van der Waals surface area contributed by atoms with Crippen molar-refractivity contribution in [3.63, 3.8) is 0 Å². The Labute approximate surface area is 90.1 Å². The Bertz CT molecular complexity index is 285. The third kappa shape index (κ3) is 5.66. The molecule has 0 bridgehead atoms. The largest absolute Gasteiger partial charge is 0.465 e. The number of esters is 1. The van der Waals surface area contributed by atoms with Crippen LogP contribution in [0.1, 0.15) is 19.8 Å². The minimum atomic E-state index is -0.713. The van der Waals surface area contributed by atoms with E-state index in [0.717, 1.165) is 0 Å². The van der Waals surface area contributed by atoms with Gasteiger partial charge in [-0.25, -0.2) is 0 Å². The maximum absolute atomic E-state index is 11.4. The van der Waals surface area contributed by atoms with Gasteiger partial charge in [0.1, 0.15) is 11.7 Å². The molecular weight excluding hydrogens is 192 g/mol. The molecule has 3 nitrogen and oxygen atoms in total. The van der Waals surface area contributed by atoms with Gasteiger partial charge in [-0.2, -0.15) is 0 Å². The zero-order valence-electron chi connectivity index (χ0n) is 8.99. The van der Waals surface area contributed by atoms with Crippen LogP contribution in [0.15, 0.2) is 31.0 Å². The molecule has 1 unspecified atom stereocenters. The lowest BCUT2D eigenvalue weighted by Crippen LogP contribution is -2.24. The summed E-state index contributed by atoms with van der Waals surface area (Å²) in [5, 5.41) is 0. The fourth-order valence-electron chi connectivity index (χ4n) is 1.02. The first-order valence-corrected chi connectivity index (χ1v) is 4.75. The Hall–Kier alpha value is -1.60. The fraction of sp³-hybridized carbons (Fsp3) is 0.417. The smallest absolute Gasteiger partial charge is 0.316 e. The minimum absolute atomic E-state index is 0.195. The minimum Gasteiger partial charge on any atom is -0.465 e. The number of hydrogen-bond donors (Lipinski definition) is 0. The van der Waals surface area contributed by atoms with Crippen molar-refractivity contribution in [1.29, 1.82) is 0 Å². The zero-order chi connectivity index (χ0) is 11.7. The van der Waals surface area contributed by atoms with Crippen molar-refractivity contribution in [3.8, 4) is 0 Å². The summed E-state index contributed by atoms with van der Waals surface area (Å²) >= 11 is 0. The van der Waals surface area contributed by atoms with Crippen LogP contribution in [0.25, 0.3) is 0 Å². The summed E-state index contributed by atoms with van der Waals surface area (Å²) in [7, 11) is 0. The van der Waals surface area contributed by atoms with Crippen molar-refractivity contribution < 1.29 is 14.3 Å². The van der Waals surface area contributed by atoms with Gasteiger partial charge >= 0.3 is 5.97 Å². The third-order valence-electron chi connectivity index (χ3n) is 1.83. The van der Waals surface area contributed by atoms with E-state index in [2.05, 4.69) is 18.9 Å². The zero-order valence-corrected chi connectivity index (χ0v) is 8.99. The number of ketones is 1. The van der Waals surface area contributed by atoms with E-state index in [-0.39, 0.29) is 12.4 Å².